The molecular weight excluding hydrogens is 392 g/mol. The van der Waals surface area contributed by atoms with E-state index in [1.807, 2.05) is 36.1 Å². The summed E-state index contributed by atoms with van der Waals surface area (Å²) >= 11 is 1.70. The Morgan fingerprint density at radius 3 is 2.93 bits per heavy atom. The Morgan fingerprint density at radius 2 is 2.13 bits per heavy atom. The zero-order chi connectivity index (χ0) is 21.1. The maximum atomic E-state index is 13.6. The van der Waals surface area contributed by atoms with Gasteiger partial charge in [0.15, 0.2) is 5.65 Å². The van der Waals surface area contributed by atoms with E-state index >= 15 is 0 Å². The number of hydrogen-bond acceptors (Lipinski definition) is 5. The van der Waals surface area contributed by atoms with Crippen LogP contribution in [-0.2, 0) is 0 Å². The zero-order valence-electron chi connectivity index (χ0n) is 17.8. The van der Waals surface area contributed by atoms with Gasteiger partial charge in [0.05, 0.1) is 11.3 Å². The highest BCUT2D eigenvalue weighted by Gasteiger charge is 2.28. The van der Waals surface area contributed by atoms with E-state index in [0.717, 1.165) is 48.3 Å². The highest BCUT2D eigenvalue weighted by molar-refractivity contribution is 7.98. The Kier molecular flexibility index (Phi) is 6.23. The van der Waals surface area contributed by atoms with Gasteiger partial charge in [-0.05, 0) is 69.2 Å². The molecule has 1 unspecified atom stereocenters. The summed E-state index contributed by atoms with van der Waals surface area (Å²) in [7, 11) is 0. The first-order chi connectivity index (χ1) is 14.6. The summed E-state index contributed by atoms with van der Waals surface area (Å²) in [6, 6.07) is 12.5. The maximum absolute atomic E-state index is 13.6. The molecule has 1 fully saturated rings. The minimum Gasteiger partial charge on any atom is -0.354 e. The molecule has 1 aliphatic heterocycles. The molecule has 6 heteroatoms. The number of fused-ring (bicyclic) bond motifs is 1. The number of likely N-dealkylation sites (tertiary alicyclic amines) is 1. The summed E-state index contributed by atoms with van der Waals surface area (Å²) in [6.07, 6.45) is 8.05. The lowest BCUT2D eigenvalue weighted by atomic mass is 9.98. The predicted octanol–water partition coefficient (Wildman–Crippen LogP) is 5.81. The summed E-state index contributed by atoms with van der Waals surface area (Å²) in [5.41, 5.74) is 3.92. The van der Waals surface area contributed by atoms with Crippen molar-refractivity contribution in [1.29, 1.82) is 0 Å². The van der Waals surface area contributed by atoms with Gasteiger partial charge in [0, 0.05) is 40.4 Å². The van der Waals surface area contributed by atoms with Gasteiger partial charge in [-0.3, -0.25) is 4.79 Å². The number of amides is 1. The number of nitrogens with one attached hydrogen (secondary N) is 1. The first-order valence-corrected chi connectivity index (χ1v) is 11.8. The second-order valence-corrected chi connectivity index (χ2v) is 8.66. The quantitative estimate of drug-likeness (QED) is 0.528. The molecule has 156 valence electrons. The SMILES string of the molecule is CCC1CCCCN1C(=O)c1cnc2nc(C)ccc2c1Nc1cccc(SC)c1. The van der Waals surface area contributed by atoms with Crippen molar-refractivity contribution in [3.63, 3.8) is 0 Å². The second-order valence-electron chi connectivity index (χ2n) is 7.78. The van der Waals surface area contributed by atoms with Crippen molar-refractivity contribution in [2.24, 2.45) is 0 Å². The van der Waals surface area contributed by atoms with Crippen LogP contribution in [-0.4, -0.2) is 39.6 Å². The molecule has 0 saturated carbocycles. The number of anilines is 2. The van der Waals surface area contributed by atoms with E-state index in [-0.39, 0.29) is 5.91 Å². The van der Waals surface area contributed by atoms with Crippen molar-refractivity contribution >= 4 is 40.1 Å². The minimum atomic E-state index is 0.0556. The number of aryl methyl sites for hydroxylation is 1. The number of thioether (sulfide) groups is 1. The molecule has 3 aromatic rings. The van der Waals surface area contributed by atoms with Crippen LogP contribution in [0.1, 0.15) is 48.7 Å². The average Bonchev–Trinajstić information content (AvgIpc) is 2.78. The molecule has 0 spiro atoms. The summed E-state index contributed by atoms with van der Waals surface area (Å²) in [5.74, 6) is 0.0556. The first kappa shape index (κ1) is 20.7. The van der Waals surface area contributed by atoms with Crippen LogP contribution in [0.2, 0.25) is 0 Å². The van der Waals surface area contributed by atoms with E-state index in [1.54, 1.807) is 18.0 Å². The number of piperidine rings is 1. The number of nitrogens with zero attached hydrogens (tertiary/aromatic N) is 3. The Morgan fingerprint density at radius 1 is 1.27 bits per heavy atom. The molecular formula is C24H28N4OS. The fourth-order valence-corrected chi connectivity index (χ4v) is 4.62. The van der Waals surface area contributed by atoms with E-state index in [9.17, 15) is 4.79 Å². The lowest BCUT2D eigenvalue weighted by Gasteiger charge is -2.35. The Bertz CT molecular complexity index is 1070. The topological polar surface area (TPSA) is 58.1 Å². The van der Waals surface area contributed by atoms with Crippen molar-refractivity contribution in [2.45, 2.75) is 50.5 Å². The van der Waals surface area contributed by atoms with Crippen LogP contribution in [0.4, 0.5) is 11.4 Å². The van der Waals surface area contributed by atoms with Crippen molar-refractivity contribution in [3.05, 3.63) is 53.9 Å². The number of carbonyl (C=O) groups excluding carboxylic acids is 1. The monoisotopic (exact) mass is 420 g/mol. The fraction of sp³-hybridized carbons (Fsp3) is 0.375. The molecule has 0 aliphatic carbocycles. The number of carbonyl (C=O) groups is 1. The molecule has 1 saturated heterocycles. The van der Waals surface area contributed by atoms with Gasteiger partial charge in [0.25, 0.3) is 5.91 Å². The minimum absolute atomic E-state index is 0.0556. The van der Waals surface area contributed by atoms with Crippen LogP contribution in [0.15, 0.2) is 47.5 Å². The normalized spacial score (nSPS) is 16.6. The standard InChI is InChI=1S/C24H28N4OS/c1-4-18-9-5-6-13-28(18)24(29)21-15-25-23-20(12-11-16(2)26-23)22(21)27-17-8-7-10-19(14-17)30-3/h7-8,10-12,14-15,18H,4-6,9,13H2,1-3H3,(H,25,26,27). The molecule has 1 amide bonds. The van der Waals surface area contributed by atoms with Crippen LogP contribution >= 0.6 is 11.8 Å². The van der Waals surface area contributed by atoms with E-state index in [4.69, 9.17) is 0 Å². The molecule has 2 aromatic heterocycles. The largest absolute Gasteiger partial charge is 0.354 e. The smallest absolute Gasteiger partial charge is 0.257 e. The van der Waals surface area contributed by atoms with Gasteiger partial charge < -0.3 is 10.2 Å². The van der Waals surface area contributed by atoms with Crippen LogP contribution in [0.3, 0.4) is 0 Å². The molecule has 5 nitrogen and oxygen atoms in total. The van der Waals surface area contributed by atoms with Crippen LogP contribution in [0, 0.1) is 6.92 Å². The number of rotatable bonds is 5. The van der Waals surface area contributed by atoms with E-state index in [0.29, 0.717) is 17.3 Å². The van der Waals surface area contributed by atoms with Gasteiger partial charge in [0.2, 0.25) is 0 Å². The third-order valence-electron chi connectivity index (χ3n) is 5.80. The second kappa shape index (κ2) is 9.04. The van der Waals surface area contributed by atoms with Gasteiger partial charge in [-0.1, -0.05) is 13.0 Å². The maximum Gasteiger partial charge on any atom is 0.257 e. The molecule has 4 rings (SSSR count). The number of pyridine rings is 2. The summed E-state index contributed by atoms with van der Waals surface area (Å²) < 4.78 is 0. The third-order valence-corrected chi connectivity index (χ3v) is 6.52. The predicted molar refractivity (Wildman–Crippen MR) is 125 cm³/mol. The van der Waals surface area contributed by atoms with Crippen LogP contribution < -0.4 is 5.32 Å². The van der Waals surface area contributed by atoms with Crippen molar-refractivity contribution in [1.82, 2.24) is 14.9 Å². The van der Waals surface area contributed by atoms with E-state index < -0.39 is 0 Å². The highest BCUT2D eigenvalue weighted by Crippen LogP contribution is 2.32. The van der Waals surface area contributed by atoms with Crippen molar-refractivity contribution in [2.75, 3.05) is 18.1 Å². The van der Waals surface area contributed by atoms with Gasteiger partial charge in [-0.2, -0.15) is 0 Å². The van der Waals surface area contributed by atoms with Gasteiger partial charge in [-0.15, -0.1) is 11.8 Å². The molecule has 0 bridgehead atoms. The number of aromatic nitrogens is 2. The summed E-state index contributed by atoms with van der Waals surface area (Å²) in [4.78, 5) is 26.0. The molecule has 1 aromatic carbocycles. The summed E-state index contributed by atoms with van der Waals surface area (Å²) in [6.45, 7) is 4.92. The molecule has 3 heterocycles. The van der Waals surface area contributed by atoms with Crippen molar-refractivity contribution < 1.29 is 4.79 Å². The zero-order valence-corrected chi connectivity index (χ0v) is 18.6. The Hall–Kier alpha value is -2.60. The van der Waals surface area contributed by atoms with E-state index in [1.165, 1.54) is 11.3 Å². The first-order valence-electron chi connectivity index (χ1n) is 10.6. The fourth-order valence-electron chi connectivity index (χ4n) is 4.16. The van der Waals surface area contributed by atoms with Gasteiger partial charge in [-0.25, -0.2) is 9.97 Å². The summed E-state index contributed by atoms with van der Waals surface area (Å²) in [5, 5.41) is 4.39. The molecule has 1 aliphatic rings. The average molecular weight is 421 g/mol. The Labute approximate surface area is 182 Å². The van der Waals surface area contributed by atoms with Crippen molar-refractivity contribution in [3.8, 4) is 0 Å². The van der Waals surface area contributed by atoms with Gasteiger partial charge >= 0.3 is 0 Å². The van der Waals surface area contributed by atoms with E-state index in [2.05, 4.69) is 40.6 Å². The number of benzene rings is 1. The van der Waals surface area contributed by atoms with Crippen LogP contribution in [0.5, 0.6) is 0 Å². The lowest BCUT2D eigenvalue weighted by molar-refractivity contribution is 0.0609. The molecule has 1 N–H and O–H groups in total. The molecule has 1 atom stereocenters. The number of hydrogen-bond donors (Lipinski definition) is 1. The molecule has 30 heavy (non-hydrogen) atoms. The lowest BCUT2D eigenvalue weighted by Crippen LogP contribution is -2.43. The highest BCUT2D eigenvalue weighted by atomic mass is 32.2. The van der Waals surface area contributed by atoms with Gasteiger partial charge in [0.1, 0.15) is 0 Å². The van der Waals surface area contributed by atoms with Crippen LogP contribution in [0.25, 0.3) is 11.0 Å². The Balaban J connectivity index is 1.81. The third kappa shape index (κ3) is 4.15. The molecule has 0 radical (unpaired) electrons.